The Kier molecular flexibility index (Phi) is 5.71. The number of rotatable bonds is 8. The van der Waals surface area contributed by atoms with Gasteiger partial charge in [0.15, 0.2) is 6.10 Å². The summed E-state index contributed by atoms with van der Waals surface area (Å²) in [5.74, 6) is -0.357. The van der Waals surface area contributed by atoms with E-state index in [1.54, 1.807) is 0 Å². The SMILES string of the molecule is O=C(CCCCCO[N+](=O)[O-])O[C@@H]1CO[C@H]2C1OC[C@H]2O. The third-order valence-corrected chi connectivity index (χ3v) is 3.49. The number of esters is 1. The van der Waals surface area contributed by atoms with Gasteiger partial charge in [0.2, 0.25) is 0 Å². The van der Waals surface area contributed by atoms with E-state index in [0.29, 0.717) is 19.3 Å². The van der Waals surface area contributed by atoms with Crippen molar-refractivity contribution in [3.63, 3.8) is 0 Å². The van der Waals surface area contributed by atoms with Crippen molar-refractivity contribution in [1.29, 1.82) is 0 Å². The lowest BCUT2D eigenvalue weighted by atomic mass is 10.1. The van der Waals surface area contributed by atoms with E-state index in [9.17, 15) is 20.0 Å². The van der Waals surface area contributed by atoms with Gasteiger partial charge in [0, 0.05) is 6.42 Å². The molecule has 2 heterocycles. The molecule has 0 aromatic heterocycles. The Morgan fingerprint density at radius 3 is 2.76 bits per heavy atom. The largest absolute Gasteiger partial charge is 0.457 e. The number of nitrogens with zero attached hydrogens (tertiary/aromatic N) is 1. The zero-order valence-electron chi connectivity index (χ0n) is 11.5. The van der Waals surface area contributed by atoms with Crippen molar-refractivity contribution in [3.8, 4) is 0 Å². The summed E-state index contributed by atoms with van der Waals surface area (Å²) in [6.07, 6.45) is 0.0175. The average Bonchev–Trinajstić information content (AvgIpc) is 2.98. The van der Waals surface area contributed by atoms with Gasteiger partial charge >= 0.3 is 5.97 Å². The molecule has 9 nitrogen and oxygen atoms in total. The number of unbranched alkanes of at least 4 members (excludes halogenated alkanes) is 2. The highest BCUT2D eigenvalue weighted by Crippen LogP contribution is 2.29. The first-order valence-electron chi connectivity index (χ1n) is 6.96. The van der Waals surface area contributed by atoms with Crippen LogP contribution in [0.1, 0.15) is 25.7 Å². The minimum absolute atomic E-state index is 0.0357. The van der Waals surface area contributed by atoms with Crippen molar-refractivity contribution in [2.45, 2.75) is 50.1 Å². The average molecular weight is 305 g/mol. The van der Waals surface area contributed by atoms with Crippen LogP contribution in [-0.2, 0) is 23.8 Å². The van der Waals surface area contributed by atoms with Crippen molar-refractivity contribution in [2.75, 3.05) is 19.8 Å². The first-order chi connectivity index (χ1) is 10.1. The summed E-state index contributed by atoms with van der Waals surface area (Å²) in [6, 6.07) is 0. The van der Waals surface area contributed by atoms with Gasteiger partial charge < -0.3 is 24.2 Å². The van der Waals surface area contributed by atoms with Crippen LogP contribution >= 0.6 is 0 Å². The van der Waals surface area contributed by atoms with Gasteiger partial charge in [0.25, 0.3) is 5.09 Å². The summed E-state index contributed by atoms with van der Waals surface area (Å²) in [5.41, 5.74) is 0. The normalized spacial score (nSPS) is 30.9. The molecule has 2 saturated heterocycles. The lowest BCUT2D eigenvalue weighted by molar-refractivity contribution is -0.757. The van der Waals surface area contributed by atoms with Crippen LogP contribution in [0.4, 0.5) is 0 Å². The van der Waals surface area contributed by atoms with Gasteiger partial charge in [0.1, 0.15) is 18.3 Å². The zero-order valence-corrected chi connectivity index (χ0v) is 11.5. The Morgan fingerprint density at radius 1 is 1.24 bits per heavy atom. The van der Waals surface area contributed by atoms with E-state index in [2.05, 4.69) is 4.84 Å². The number of carbonyl (C=O) groups is 1. The molecular formula is C12H19NO8. The number of hydrogen-bond donors (Lipinski definition) is 1. The van der Waals surface area contributed by atoms with E-state index in [-0.39, 0.29) is 32.2 Å². The van der Waals surface area contributed by atoms with Crippen LogP contribution in [0, 0.1) is 10.1 Å². The quantitative estimate of drug-likeness (QED) is 0.284. The van der Waals surface area contributed by atoms with Crippen LogP contribution in [0.3, 0.4) is 0 Å². The van der Waals surface area contributed by atoms with Crippen molar-refractivity contribution in [1.82, 2.24) is 0 Å². The lowest BCUT2D eigenvalue weighted by Gasteiger charge is -2.16. The topological polar surface area (TPSA) is 117 Å². The fourth-order valence-corrected chi connectivity index (χ4v) is 2.46. The fourth-order valence-electron chi connectivity index (χ4n) is 2.46. The molecule has 0 aromatic rings. The second-order valence-corrected chi connectivity index (χ2v) is 5.06. The first kappa shape index (κ1) is 15.9. The van der Waals surface area contributed by atoms with Crippen molar-refractivity contribution in [3.05, 3.63) is 10.1 Å². The van der Waals surface area contributed by atoms with Gasteiger partial charge in [-0.3, -0.25) is 4.79 Å². The van der Waals surface area contributed by atoms with E-state index < -0.39 is 29.5 Å². The second kappa shape index (κ2) is 7.53. The van der Waals surface area contributed by atoms with Crippen molar-refractivity contribution < 1.29 is 34.0 Å². The number of aliphatic hydroxyl groups excluding tert-OH is 1. The summed E-state index contributed by atoms with van der Waals surface area (Å²) < 4.78 is 16.0. The Balaban J connectivity index is 1.57. The van der Waals surface area contributed by atoms with Gasteiger partial charge in [-0.15, -0.1) is 10.1 Å². The maximum atomic E-state index is 11.7. The molecule has 4 atom stereocenters. The lowest BCUT2D eigenvalue weighted by Crippen LogP contribution is -2.34. The summed E-state index contributed by atoms with van der Waals surface area (Å²) in [7, 11) is 0. The molecule has 9 heteroatoms. The minimum atomic E-state index is -0.833. The van der Waals surface area contributed by atoms with Gasteiger partial charge in [-0.25, -0.2) is 0 Å². The summed E-state index contributed by atoms with van der Waals surface area (Å²) in [5, 5.41) is 18.6. The van der Waals surface area contributed by atoms with Crippen molar-refractivity contribution >= 4 is 5.97 Å². The maximum Gasteiger partial charge on any atom is 0.306 e. The fraction of sp³-hybridized carbons (Fsp3) is 0.917. The molecular weight excluding hydrogens is 286 g/mol. The van der Waals surface area contributed by atoms with E-state index in [4.69, 9.17) is 14.2 Å². The smallest absolute Gasteiger partial charge is 0.306 e. The van der Waals surface area contributed by atoms with Gasteiger partial charge in [0.05, 0.1) is 19.8 Å². The van der Waals surface area contributed by atoms with Crippen LogP contribution in [0.5, 0.6) is 0 Å². The number of ether oxygens (including phenoxy) is 3. The molecule has 2 aliphatic rings. The van der Waals surface area contributed by atoms with E-state index in [0.717, 1.165) is 0 Å². The molecule has 1 unspecified atom stereocenters. The highest BCUT2D eigenvalue weighted by molar-refractivity contribution is 5.69. The highest BCUT2D eigenvalue weighted by atomic mass is 16.9. The molecule has 21 heavy (non-hydrogen) atoms. The maximum absolute atomic E-state index is 11.7. The van der Waals surface area contributed by atoms with E-state index >= 15 is 0 Å². The van der Waals surface area contributed by atoms with Crippen LogP contribution < -0.4 is 0 Å². The Labute approximate surface area is 121 Å². The Bertz CT molecular complexity index is 376. The molecule has 0 saturated carbocycles. The molecule has 120 valence electrons. The van der Waals surface area contributed by atoms with Crippen LogP contribution in [0.25, 0.3) is 0 Å². The van der Waals surface area contributed by atoms with Gasteiger partial charge in [-0.05, 0) is 12.8 Å². The summed E-state index contributed by atoms with van der Waals surface area (Å²) >= 11 is 0. The molecule has 0 spiro atoms. The summed E-state index contributed by atoms with van der Waals surface area (Å²) in [6.45, 7) is 0.461. The zero-order chi connectivity index (χ0) is 15.2. The third kappa shape index (κ3) is 4.51. The number of carbonyl (C=O) groups excluding carboxylic acids is 1. The molecule has 1 N–H and O–H groups in total. The minimum Gasteiger partial charge on any atom is -0.457 e. The number of fused-ring (bicyclic) bond motifs is 1. The van der Waals surface area contributed by atoms with Crippen LogP contribution in [-0.4, -0.2) is 60.4 Å². The molecule has 2 aliphatic heterocycles. The van der Waals surface area contributed by atoms with E-state index in [1.165, 1.54) is 0 Å². The van der Waals surface area contributed by atoms with Gasteiger partial charge in [-0.2, -0.15) is 0 Å². The molecule has 2 rings (SSSR count). The second-order valence-electron chi connectivity index (χ2n) is 5.06. The monoisotopic (exact) mass is 305 g/mol. The van der Waals surface area contributed by atoms with E-state index in [1.807, 2.05) is 0 Å². The standard InChI is InChI=1S/C12H19NO8/c14-8-6-18-12-9(7-19-11(8)12)21-10(15)4-2-1-3-5-20-13(16)17/h8-9,11-12,14H,1-7H2/t8-,9-,11-,12?/m1/s1. The Hall–Kier alpha value is -1.45. The number of aliphatic hydroxyl groups is 1. The molecule has 0 amide bonds. The molecule has 0 aromatic carbocycles. The molecule has 2 fully saturated rings. The Morgan fingerprint density at radius 2 is 2.00 bits per heavy atom. The predicted octanol–water partition coefficient (Wildman–Crippen LogP) is -0.175. The third-order valence-electron chi connectivity index (χ3n) is 3.49. The number of hydrogen-bond acceptors (Lipinski definition) is 8. The molecule has 0 aliphatic carbocycles. The predicted molar refractivity (Wildman–Crippen MR) is 66.8 cm³/mol. The van der Waals surface area contributed by atoms with Gasteiger partial charge in [-0.1, -0.05) is 6.42 Å². The molecule has 0 radical (unpaired) electrons. The first-order valence-corrected chi connectivity index (χ1v) is 6.96. The highest BCUT2D eigenvalue weighted by Gasteiger charge is 2.48. The van der Waals surface area contributed by atoms with Crippen LogP contribution in [0.15, 0.2) is 0 Å². The summed E-state index contributed by atoms with van der Waals surface area (Å²) in [4.78, 5) is 25.8. The molecule has 0 bridgehead atoms. The van der Waals surface area contributed by atoms with Crippen LogP contribution in [0.2, 0.25) is 0 Å². The van der Waals surface area contributed by atoms with Crippen molar-refractivity contribution in [2.24, 2.45) is 0 Å².